The predicted octanol–water partition coefficient (Wildman–Crippen LogP) is 4.10. The van der Waals surface area contributed by atoms with Crippen molar-refractivity contribution in [2.45, 2.75) is 43.0 Å². The van der Waals surface area contributed by atoms with Gasteiger partial charge in [-0.1, -0.05) is 30.4 Å². The zero-order valence-corrected chi connectivity index (χ0v) is 21.1. The quantitative estimate of drug-likeness (QED) is 0.476. The number of hydrogen-bond acceptors (Lipinski definition) is 8. The first kappa shape index (κ1) is 24.4. The van der Waals surface area contributed by atoms with Crippen LogP contribution in [0.2, 0.25) is 0 Å². The lowest BCUT2D eigenvalue weighted by Gasteiger charge is -2.38. The topological polar surface area (TPSA) is 107 Å². The molecule has 1 amide bonds. The Morgan fingerprint density at radius 2 is 1.85 bits per heavy atom. The molecule has 1 fully saturated rings. The van der Waals surface area contributed by atoms with Gasteiger partial charge in [0, 0.05) is 18.6 Å². The zero-order valence-electron chi connectivity index (χ0n) is 19.5. The predicted molar refractivity (Wildman–Crippen MR) is 134 cm³/mol. The van der Waals surface area contributed by atoms with Gasteiger partial charge in [0.25, 0.3) is 0 Å². The summed E-state index contributed by atoms with van der Waals surface area (Å²) in [6, 6.07) is 10.6. The number of rotatable bonds is 8. The second-order valence-corrected chi connectivity index (χ2v) is 11.6. The molecule has 1 aliphatic rings. The molecule has 0 spiro atoms. The van der Waals surface area contributed by atoms with Crippen LogP contribution in [0.1, 0.15) is 38.2 Å². The SMILES string of the molecule is CCS(=O)(=O)c1ccc(C2(CC(=O)Nc3nc4cc(OC)c(OC)cc4s3)CCCCN2)cc1. The van der Waals surface area contributed by atoms with Crippen LogP contribution in [-0.2, 0) is 20.2 Å². The Morgan fingerprint density at radius 1 is 1.15 bits per heavy atom. The van der Waals surface area contributed by atoms with Crippen LogP contribution < -0.4 is 20.1 Å². The molecule has 4 rings (SSSR count). The fourth-order valence-corrected chi connectivity index (χ4v) is 6.14. The summed E-state index contributed by atoms with van der Waals surface area (Å²) in [5, 5.41) is 6.98. The fraction of sp³-hybridized carbons (Fsp3) is 0.417. The van der Waals surface area contributed by atoms with E-state index in [-0.39, 0.29) is 18.1 Å². The summed E-state index contributed by atoms with van der Waals surface area (Å²) < 4.78 is 36.0. The highest BCUT2D eigenvalue weighted by atomic mass is 32.2. The first-order chi connectivity index (χ1) is 16.3. The summed E-state index contributed by atoms with van der Waals surface area (Å²) in [6.45, 7) is 2.43. The smallest absolute Gasteiger partial charge is 0.228 e. The molecule has 2 heterocycles. The monoisotopic (exact) mass is 503 g/mol. The summed E-state index contributed by atoms with van der Waals surface area (Å²) in [5.74, 6) is 1.09. The van der Waals surface area contributed by atoms with Gasteiger partial charge in [0.1, 0.15) is 0 Å². The molecule has 2 aromatic carbocycles. The minimum absolute atomic E-state index is 0.0536. The Hall–Kier alpha value is -2.69. The van der Waals surface area contributed by atoms with E-state index in [1.165, 1.54) is 11.3 Å². The minimum Gasteiger partial charge on any atom is -0.493 e. The van der Waals surface area contributed by atoms with E-state index in [4.69, 9.17) is 9.47 Å². The zero-order chi connectivity index (χ0) is 24.3. The van der Waals surface area contributed by atoms with Gasteiger partial charge in [0.2, 0.25) is 5.91 Å². The summed E-state index contributed by atoms with van der Waals surface area (Å²) in [5.41, 5.74) is 1.08. The minimum atomic E-state index is -3.28. The van der Waals surface area contributed by atoms with Crippen molar-refractivity contribution < 1.29 is 22.7 Å². The van der Waals surface area contributed by atoms with Gasteiger partial charge in [0.15, 0.2) is 26.5 Å². The van der Waals surface area contributed by atoms with Crippen LogP contribution in [-0.4, -0.2) is 45.8 Å². The van der Waals surface area contributed by atoms with Crippen LogP contribution in [0.4, 0.5) is 5.13 Å². The van der Waals surface area contributed by atoms with Crippen molar-refractivity contribution in [3.8, 4) is 11.5 Å². The number of nitrogens with one attached hydrogen (secondary N) is 2. The third-order valence-electron chi connectivity index (χ3n) is 6.24. The van der Waals surface area contributed by atoms with Crippen molar-refractivity contribution >= 4 is 42.4 Å². The van der Waals surface area contributed by atoms with Gasteiger partial charge in [-0.15, -0.1) is 0 Å². The van der Waals surface area contributed by atoms with Crippen molar-refractivity contribution in [1.82, 2.24) is 10.3 Å². The number of thiazole rings is 1. The second kappa shape index (κ2) is 9.89. The molecule has 1 aromatic heterocycles. The molecule has 1 aliphatic heterocycles. The highest BCUT2D eigenvalue weighted by Crippen LogP contribution is 2.37. The lowest BCUT2D eigenvalue weighted by atomic mass is 9.79. The fourth-order valence-electron chi connectivity index (χ4n) is 4.36. The van der Waals surface area contributed by atoms with Crippen molar-refractivity contribution in [2.75, 3.05) is 31.8 Å². The van der Waals surface area contributed by atoms with Gasteiger partial charge in [-0.25, -0.2) is 13.4 Å². The van der Waals surface area contributed by atoms with Crippen LogP contribution in [0.15, 0.2) is 41.3 Å². The molecule has 3 aromatic rings. The maximum absolute atomic E-state index is 13.1. The Kier molecular flexibility index (Phi) is 7.11. The number of sulfone groups is 1. The van der Waals surface area contributed by atoms with Gasteiger partial charge < -0.3 is 20.1 Å². The third kappa shape index (κ3) is 4.89. The highest BCUT2D eigenvalue weighted by molar-refractivity contribution is 7.91. The molecule has 182 valence electrons. The number of nitrogens with zero attached hydrogens (tertiary/aromatic N) is 1. The largest absolute Gasteiger partial charge is 0.493 e. The standard InChI is InChI=1S/C24H29N3O5S2/c1-4-34(29,30)17-9-7-16(8-10-17)24(11-5-6-12-25-24)15-22(28)27-23-26-18-13-19(31-2)20(32-3)14-21(18)33-23/h7-10,13-14,25H,4-6,11-12,15H2,1-3H3,(H,26,27,28). The molecular weight excluding hydrogens is 474 g/mol. The van der Waals surface area contributed by atoms with E-state index in [2.05, 4.69) is 15.6 Å². The number of amides is 1. The molecular formula is C24H29N3O5S2. The van der Waals surface area contributed by atoms with E-state index in [0.29, 0.717) is 21.5 Å². The van der Waals surface area contributed by atoms with Gasteiger partial charge in [-0.05, 0) is 43.5 Å². The Labute approximate surface area is 203 Å². The van der Waals surface area contributed by atoms with Crippen LogP contribution in [0, 0.1) is 0 Å². The lowest BCUT2D eigenvalue weighted by molar-refractivity contribution is -0.118. The van der Waals surface area contributed by atoms with Crippen LogP contribution in [0.5, 0.6) is 11.5 Å². The van der Waals surface area contributed by atoms with Crippen LogP contribution in [0.25, 0.3) is 10.2 Å². The van der Waals surface area contributed by atoms with Gasteiger partial charge in [-0.2, -0.15) is 0 Å². The van der Waals surface area contributed by atoms with Crippen LogP contribution in [0.3, 0.4) is 0 Å². The third-order valence-corrected chi connectivity index (χ3v) is 8.93. The Bertz CT molecular complexity index is 1240. The Balaban J connectivity index is 1.56. The molecule has 34 heavy (non-hydrogen) atoms. The molecule has 0 radical (unpaired) electrons. The van der Waals surface area contributed by atoms with E-state index in [1.807, 2.05) is 18.2 Å². The number of piperidine rings is 1. The molecule has 0 saturated carbocycles. The highest BCUT2D eigenvalue weighted by Gasteiger charge is 2.36. The lowest BCUT2D eigenvalue weighted by Crippen LogP contribution is -2.48. The van der Waals surface area contributed by atoms with Crippen molar-refractivity contribution in [3.63, 3.8) is 0 Å². The van der Waals surface area contributed by atoms with Gasteiger partial charge >= 0.3 is 0 Å². The average molecular weight is 504 g/mol. The summed E-state index contributed by atoms with van der Waals surface area (Å²) in [4.78, 5) is 18.0. The molecule has 0 bridgehead atoms. The number of ether oxygens (including phenoxy) is 2. The molecule has 1 atom stereocenters. The second-order valence-electron chi connectivity index (χ2n) is 8.31. The first-order valence-electron chi connectivity index (χ1n) is 11.2. The van der Waals surface area contributed by atoms with Gasteiger partial charge in [0.05, 0.1) is 40.6 Å². The Morgan fingerprint density at radius 3 is 2.47 bits per heavy atom. The number of methoxy groups -OCH3 is 2. The number of hydrogen-bond donors (Lipinski definition) is 2. The molecule has 10 heteroatoms. The van der Waals surface area contributed by atoms with Gasteiger partial charge in [-0.3, -0.25) is 4.79 Å². The molecule has 8 nitrogen and oxygen atoms in total. The van der Waals surface area contributed by atoms with E-state index in [1.54, 1.807) is 39.3 Å². The number of carbonyl (C=O) groups is 1. The number of benzene rings is 2. The number of anilines is 1. The summed E-state index contributed by atoms with van der Waals surface area (Å²) >= 11 is 1.37. The maximum Gasteiger partial charge on any atom is 0.228 e. The molecule has 1 saturated heterocycles. The average Bonchev–Trinajstić information content (AvgIpc) is 3.24. The van der Waals surface area contributed by atoms with Crippen LogP contribution >= 0.6 is 11.3 Å². The van der Waals surface area contributed by atoms with Crippen molar-refractivity contribution in [2.24, 2.45) is 0 Å². The summed E-state index contributed by atoms with van der Waals surface area (Å²) in [6.07, 6.45) is 3.02. The van der Waals surface area contributed by atoms with E-state index >= 15 is 0 Å². The molecule has 2 N–H and O–H groups in total. The number of fused-ring (bicyclic) bond motifs is 1. The van der Waals surface area contributed by atoms with Crippen molar-refractivity contribution in [3.05, 3.63) is 42.0 Å². The normalized spacial score (nSPS) is 18.6. The summed E-state index contributed by atoms with van der Waals surface area (Å²) in [7, 11) is -0.130. The molecule has 0 aliphatic carbocycles. The molecule has 1 unspecified atom stereocenters. The maximum atomic E-state index is 13.1. The number of carbonyl (C=O) groups excluding carboxylic acids is 1. The van der Waals surface area contributed by atoms with Crippen molar-refractivity contribution in [1.29, 1.82) is 0 Å². The van der Waals surface area contributed by atoms with E-state index in [9.17, 15) is 13.2 Å². The number of aromatic nitrogens is 1. The van der Waals surface area contributed by atoms with E-state index in [0.717, 1.165) is 41.6 Å². The van der Waals surface area contributed by atoms with E-state index < -0.39 is 15.4 Å². The first-order valence-corrected chi connectivity index (χ1v) is 13.7.